The van der Waals surface area contributed by atoms with Gasteiger partial charge < -0.3 is 10.5 Å². The summed E-state index contributed by atoms with van der Waals surface area (Å²) in [6, 6.07) is 4.15. The first-order valence-electron chi connectivity index (χ1n) is 5.85. The summed E-state index contributed by atoms with van der Waals surface area (Å²) in [6.45, 7) is 11.9. The monoisotopic (exact) mass is 239 g/mol. The van der Waals surface area contributed by atoms with Crippen LogP contribution in [0.3, 0.4) is 0 Å². The van der Waals surface area contributed by atoms with Crippen LogP contribution in [0, 0.1) is 20.8 Å². The average Bonchev–Trinajstić information content (AvgIpc) is 2.34. The zero-order chi connectivity index (χ0) is 14.0. The molecule has 1 aromatic rings. The zero-order valence-corrected chi connectivity index (χ0v) is 12.2. The van der Waals surface area contributed by atoms with Crippen LogP contribution in [0.25, 0.3) is 0 Å². The van der Waals surface area contributed by atoms with Gasteiger partial charge in [-0.15, -0.1) is 0 Å². The predicted octanol–water partition coefficient (Wildman–Crippen LogP) is 2.03. The molecule has 1 rings (SSSR count). The van der Waals surface area contributed by atoms with Gasteiger partial charge in [0, 0.05) is 5.69 Å². The molecule has 0 saturated heterocycles. The van der Waals surface area contributed by atoms with E-state index in [0.717, 1.165) is 5.69 Å². The Hall–Kier alpha value is -1.51. The number of methoxy groups -OCH3 is 1. The van der Waals surface area contributed by atoms with Crippen molar-refractivity contribution in [3.05, 3.63) is 28.8 Å². The Balaban J connectivity index is 0. The summed E-state index contributed by atoms with van der Waals surface area (Å²) in [7, 11) is 1.54. The topological polar surface area (TPSA) is 60.8 Å². The minimum atomic E-state index is 0.505. The number of hydrogen-bond donors (Lipinski definition) is 2. The minimum absolute atomic E-state index is 0.505. The number of anilines is 1. The molecule has 3 nitrogen and oxygen atoms in total. The summed E-state index contributed by atoms with van der Waals surface area (Å²) < 4.78 is 4.44. The van der Waals surface area contributed by atoms with Crippen LogP contribution in [0.2, 0.25) is 0 Å². The van der Waals surface area contributed by atoms with E-state index in [9.17, 15) is 0 Å². The summed E-state index contributed by atoms with van der Waals surface area (Å²) in [5.41, 5.74) is 10.4. The van der Waals surface area contributed by atoms with Crippen molar-refractivity contribution in [3.8, 4) is 0 Å². The van der Waals surface area contributed by atoms with Gasteiger partial charge in [-0.3, -0.25) is 0 Å². The molecule has 0 radical (unpaired) electrons. The third-order valence-electron chi connectivity index (χ3n) is 2.33. The van der Waals surface area contributed by atoms with Gasteiger partial charge in [0.1, 0.15) is 0 Å². The van der Waals surface area contributed by atoms with Crippen LogP contribution in [-0.2, 0) is 4.74 Å². The molecule has 0 aliphatic carbocycles. The first kappa shape index (κ1) is 17.9. The van der Waals surface area contributed by atoms with Gasteiger partial charge >= 0.3 is 5.90 Å². The Bertz CT molecular complexity index is 319. The second-order valence-corrected chi connectivity index (χ2v) is 3.55. The van der Waals surface area contributed by atoms with Crippen LogP contribution in [-0.4, -0.2) is 13.0 Å². The van der Waals surface area contributed by atoms with Gasteiger partial charge in [0.2, 0.25) is 0 Å². The van der Waals surface area contributed by atoms with Gasteiger partial charge in [0.05, 0.1) is 14.0 Å². The lowest BCUT2D eigenvalue weighted by Crippen LogP contribution is -2.38. The molecular formula is C14H27N2O+. The van der Waals surface area contributed by atoms with Crippen molar-refractivity contribution in [3.63, 3.8) is 0 Å². The van der Waals surface area contributed by atoms with E-state index in [1.54, 1.807) is 6.92 Å². The minimum Gasteiger partial charge on any atom is -0.452 e. The summed E-state index contributed by atoms with van der Waals surface area (Å²) in [6.07, 6.45) is 0. The fraction of sp³-hybridized carbons (Fsp3) is 0.500. The molecule has 98 valence electrons. The van der Waals surface area contributed by atoms with Crippen molar-refractivity contribution in [2.75, 3.05) is 12.8 Å². The molecule has 4 N–H and O–H groups in total. The van der Waals surface area contributed by atoms with Crippen molar-refractivity contribution >= 4 is 11.6 Å². The maximum absolute atomic E-state index is 5.78. The molecule has 0 aromatic heterocycles. The molecular weight excluding hydrogens is 212 g/mol. The normalized spacial score (nSPS) is 8.18. The van der Waals surface area contributed by atoms with Crippen molar-refractivity contribution in [2.45, 2.75) is 41.5 Å². The summed E-state index contributed by atoms with van der Waals surface area (Å²) >= 11 is 0. The summed E-state index contributed by atoms with van der Waals surface area (Å²) in [5, 5.41) is 4.99. The van der Waals surface area contributed by atoms with Crippen LogP contribution in [0.5, 0.6) is 0 Å². The second kappa shape index (κ2) is 9.70. The van der Waals surface area contributed by atoms with E-state index >= 15 is 0 Å². The molecule has 3 heteroatoms. The highest BCUT2D eigenvalue weighted by Gasteiger charge is 1.98. The molecule has 0 atom stereocenters. The fourth-order valence-electron chi connectivity index (χ4n) is 0.973. The van der Waals surface area contributed by atoms with E-state index in [2.05, 4.69) is 30.7 Å². The van der Waals surface area contributed by atoms with Gasteiger partial charge in [0.25, 0.3) is 0 Å². The quantitative estimate of drug-likeness (QED) is 0.413. The zero-order valence-electron chi connectivity index (χ0n) is 12.2. The molecule has 0 bridgehead atoms. The molecule has 0 saturated carbocycles. The second-order valence-electron chi connectivity index (χ2n) is 3.55. The van der Waals surface area contributed by atoms with Crippen LogP contribution in [0.15, 0.2) is 12.1 Å². The lowest BCUT2D eigenvalue weighted by molar-refractivity contribution is -0.137. The predicted molar refractivity (Wildman–Crippen MR) is 76.0 cm³/mol. The smallest absolute Gasteiger partial charge is 0.329 e. The maximum atomic E-state index is 5.78. The number of nitrogen functional groups attached to an aromatic ring is 1. The van der Waals surface area contributed by atoms with E-state index in [0.29, 0.717) is 5.90 Å². The molecule has 1 aromatic carbocycles. The SMILES string of the molecule is CC.COC(C)=[NH2+].Cc1ccc(C)c(N)c1C. The Labute approximate surface area is 106 Å². The highest BCUT2D eigenvalue weighted by Crippen LogP contribution is 2.18. The molecule has 0 heterocycles. The molecule has 0 aliphatic heterocycles. The largest absolute Gasteiger partial charge is 0.452 e. The Morgan fingerprint density at radius 3 is 1.76 bits per heavy atom. The van der Waals surface area contributed by atoms with Crippen molar-refractivity contribution in [1.82, 2.24) is 0 Å². The van der Waals surface area contributed by atoms with Gasteiger partial charge in [-0.25, -0.2) is 5.41 Å². The first-order chi connectivity index (χ1) is 7.90. The number of rotatable bonds is 0. The standard InChI is InChI=1S/C9H13N.C3H7NO.C2H6/c1-6-4-5-7(2)9(10)8(6)3;1-3(4)5-2;1-2/h4-5H,10H2,1-3H3;4H,1-2H3;1-2H3/p+1. The Morgan fingerprint density at radius 2 is 1.47 bits per heavy atom. The van der Waals surface area contributed by atoms with E-state index in [-0.39, 0.29) is 0 Å². The summed E-state index contributed by atoms with van der Waals surface area (Å²) in [4.78, 5) is 0. The molecule has 0 unspecified atom stereocenters. The number of hydrogen-bond acceptors (Lipinski definition) is 2. The lowest BCUT2D eigenvalue weighted by atomic mass is 10.0. The number of benzene rings is 1. The van der Waals surface area contributed by atoms with Crippen molar-refractivity contribution in [1.29, 1.82) is 0 Å². The Kier molecular flexibility index (Phi) is 10.2. The van der Waals surface area contributed by atoms with E-state index in [4.69, 9.17) is 11.1 Å². The van der Waals surface area contributed by atoms with Crippen LogP contribution in [0.1, 0.15) is 37.5 Å². The fourth-order valence-corrected chi connectivity index (χ4v) is 0.973. The number of ether oxygens (including phenoxy) is 1. The van der Waals surface area contributed by atoms with Crippen LogP contribution >= 0.6 is 0 Å². The van der Waals surface area contributed by atoms with Crippen molar-refractivity contribution in [2.24, 2.45) is 0 Å². The van der Waals surface area contributed by atoms with E-state index < -0.39 is 0 Å². The molecule has 0 spiro atoms. The Morgan fingerprint density at radius 1 is 1.12 bits per heavy atom. The first-order valence-corrected chi connectivity index (χ1v) is 5.85. The van der Waals surface area contributed by atoms with Gasteiger partial charge in [-0.1, -0.05) is 26.0 Å². The van der Waals surface area contributed by atoms with E-state index in [1.807, 2.05) is 20.8 Å². The maximum Gasteiger partial charge on any atom is 0.329 e. The molecule has 0 aliphatic rings. The van der Waals surface area contributed by atoms with Gasteiger partial charge in [-0.05, 0) is 37.5 Å². The number of nitrogens with two attached hydrogens (primary N) is 2. The van der Waals surface area contributed by atoms with Gasteiger partial charge in [-0.2, -0.15) is 0 Å². The van der Waals surface area contributed by atoms with Crippen LogP contribution < -0.4 is 11.1 Å². The third-order valence-corrected chi connectivity index (χ3v) is 2.33. The third kappa shape index (κ3) is 7.39. The number of aryl methyl sites for hydroxylation is 2. The molecule has 17 heavy (non-hydrogen) atoms. The van der Waals surface area contributed by atoms with E-state index in [1.165, 1.54) is 23.8 Å². The average molecular weight is 239 g/mol. The molecule has 0 fully saturated rings. The lowest BCUT2D eigenvalue weighted by Gasteiger charge is -2.05. The molecule has 0 amide bonds. The van der Waals surface area contributed by atoms with Gasteiger partial charge in [0.15, 0.2) is 0 Å². The summed E-state index contributed by atoms with van der Waals surface area (Å²) in [5.74, 6) is 0.505. The van der Waals surface area contributed by atoms with Crippen LogP contribution in [0.4, 0.5) is 5.69 Å². The highest BCUT2D eigenvalue weighted by molar-refractivity contribution is 5.65. The van der Waals surface area contributed by atoms with Crippen molar-refractivity contribution < 1.29 is 10.1 Å². The highest BCUT2D eigenvalue weighted by atomic mass is 16.5.